The van der Waals surface area contributed by atoms with E-state index < -0.39 is 10.0 Å². The van der Waals surface area contributed by atoms with Crippen LogP contribution in [0.5, 0.6) is 0 Å². The number of hydrogen-bond acceptors (Lipinski definition) is 3. The van der Waals surface area contributed by atoms with Gasteiger partial charge in [0.2, 0.25) is 10.0 Å². The zero-order valence-corrected chi connectivity index (χ0v) is 16.8. The number of hydrogen-bond donors (Lipinski definition) is 0. The number of anilines is 1. The van der Waals surface area contributed by atoms with E-state index in [0.717, 1.165) is 49.5 Å². The number of nitrogens with zero attached hydrogens (tertiary/aromatic N) is 2. The van der Waals surface area contributed by atoms with Gasteiger partial charge in [-0.05, 0) is 75.6 Å². The molecule has 0 unspecified atom stereocenters. The Morgan fingerprint density at radius 1 is 1.12 bits per heavy atom. The van der Waals surface area contributed by atoms with E-state index >= 15 is 0 Å². The van der Waals surface area contributed by atoms with Crippen LogP contribution >= 0.6 is 0 Å². The van der Waals surface area contributed by atoms with E-state index in [4.69, 9.17) is 0 Å². The molecule has 1 spiro atoms. The van der Waals surface area contributed by atoms with E-state index in [1.54, 1.807) is 4.31 Å². The zero-order valence-electron chi connectivity index (χ0n) is 15.9. The molecule has 5 heteroatoms. The summed E-state index contributed by atoms with van der Waals surface area (Å²) < 4.78 is 26.4. The number of sulfonamides is 1. The third kappa shape index (κ3) is 2.54. The zero-order chi connectivity index (χ0) is 18.1. The number of piperidine rings is 1. The first kappa shape index (κ1) is 17.1. The minimum absolute atomic E-state index is 0.0125. The Bertz CT molecular complexity index is 826. The lowest BCUT2D eigenvalue weighted by Gasteiger charge is -2.44. The maximum Gasteiger partial charge on any atom is 0.232 e. The second-order valence-corrected chi connectivity index (χ2v) is 11.3. The largest absolute Gasteiger partial charge is 0.300 e. The van der Waals surface area contributed by atoms with Crippen molar-refractivity contribution in [3.63, 3.8) is 0 Å². The van der Waals surface area contributed by atoms with Gasteiger partial charge in [0, 0.05) is 18.0 Å². The predicted molar refractivity (Wildman–Crippen MR) is 105 cm³/mol. The molecule has 2 heterocycles. The molecule has 3 fully saturated rings. The molecule has 26 heavy (non-hydrogen) atoms. The monoisotopic (exact) mass is 374 g/mol. The lowest BCUT2D eigenvalue weighted by atomic mass is 9.73. The van der Waals surface area contributed by atoms with Crippen molar-refractivity contribution in [1.29, 1.82) is 0 Å². The minimum atomic E-state index is -3.22. The fourth-order valence-electron chi connectivity index (χ4n) is 6.40. The van der Waals surface area contributed by atoms with Gasteiger partial charge in [0.05, 0.1) is 11.9 Å². The summed E-state index contributed by atoms with van der Waals surface area (Å²) in [5, 5.41) is 0. The molecule has 1 aromatic rings. The first-order valence-electron chi connectivity index (χ1n) is 10.2. The molecule has 2 aliphatic heterocycles. The summed E-state index contributed by atoms with van der Waals surface area (Å²) in [5.74, 6) is 1.91. The van der Waals surface area contributed by atoms with Crippen molar-refractivity contribution in [3.8, 4) is 0 Å². The number of rotatable bonds is 2. The molecule has 0 amide bonds. The van der Waals surface area contributed by atoms with Crippen LogP contribution in [0.15, 0.2) is 18.2 Å². The summed E-state index contributed by atoms with van der Waals surface area (Å²) in [7, 11) is -3.22. The molecule has 3 atom stereocenters. The van der Waals surface area contributed by atoms with E-state index in [1.807, 2.05) is 12.1 Å². The smallest absolute Gasteiger partial charge is 0.232 e. The highest BCUT2D eigenvalue weighted by Gasteiger charge is 2.49. The number of fused-ring (bicyclic) bond motifs is 4. The Kier molecular flexibility index (Phi) is 3.75. The maximum atomic E-state index is 12.4. The van der Waals surface area contributed by atoms with Gasteiger partial charge in [0.25, 0.3) is 0 Å². The molecule has 1 aromatic carbocycles. The first-order chi connectivity index (χ1) is 12.4. The number of likely N-dealkylation sites (tertiary alicyclic amines) is 1. The molecule has 1 saturated heterocycles. The summed E-state index contributed by atoms with van der Waals surface area (Å²) >= 11 is 0. The molecule has 2 saturated carbocycles. The molecule has 2 bridgehead atoms. The van der Waals surface area contributed by atoms with Crippen LogP contribution in [0, 0.1) is 18.8 Å². The van der Waals surface area contributed by atoms with Gasteiger partial charge in [-0.15, -0.1) is 0 Å². The lowest BCUT2D eigenvalue weighted by Crippen LogP contribution is -2.50. The lowest BCUT2D eigenvalue weighted by molar-refractivity contribution is 0.0881. The van der Waals surface area contributed by atoms with Crippen LogP contribution in [0.3, 0.4) is 0 Å². The van der Waals surface area contributed by atoms with Crippen LogP contribution in [-0.2, 0) is 15.4 Å². The van der Waals surface area contributed by atoms with E-state index in [-0.39, 0.29) is 5.41 Å². The number of aryl methyl sites for hydroxylation is 1. The Morgan fingerprint density at radius 3 is 2.50 bits per heavy atom. The summed E-state index contributed by atoms with van der Waals surface area (Å²) in [6.07, 6.45) is 9.27. The van der Waals surface area contributed by atoms with Crippen molar-refractivity contribution >= 4 is 15.7 Å². The van der Waals surface area contributed by atoms with Crippen molar-refractivity contribution in [2.24, 2.45) is 11.8 Å². The molecule has 2 aliphatic carbocycles. The average Bonchev–Trinajstić information content (AvgIpc) is 3.29. The van der Waals surface area contributed by atoms with E-state index in [0.29, 0.717) is 6.54 Å². The van der Waals surface area contributed by atoms with Gasteiger partial charge in [0.1, 0.15) is 0 Å². The highest BCUT2D eigenvalue weighted by atomic mass is 32.2. The van der Waals surface area contributed by atoms with Gasteiger partial charge in [-0.2, -0.15) is 0 Å². The topological polar surface area (TPSA) is 40.6 Å². The average molecular weight is 375 g/mol. The molecule has 142 valence electrons. The summed E-state index contributed by atoms with van der Waals surface area (Å²) in [4.78, 5) is 2.74. The highest BCUT2D eigenvalue weighted by Crippen LogP contribution is 2.51. The normalized spacial score (nSPS) is 33.2. The fourth-order valence-corrected chi connectivity index (χ4v) is 7.40. The van der Waals surface area contributed by atoms with Crippen molar-refractivity contribution in [3.05, 3.63) is 29.3 Å². The molecular weight excluding hydrogens is 344 g/mol. The third-order valence-corrected chi connectivity index (χ3v) is 8.89. The molecule has 4 aliphatic rings. The second-order valence-electron chi connectivity index (χ2n) is 9.35. The molecule has 4 nitrogen and oxygen atoms in total. The maximum absolute atomic E-state index is 12.4. The summed E-state index contributed by atoms with van der Waals surface area (Å²) in [5.41, 5.74) is 3.44. The molecule has 0 aromatic heterocycles. The van der Waals surface area contributed by atoms with Crippen LogP contribution in [0.4, 0.5) is 5.69 Å². The van der Waals surface area contributed by atoms with Crippen LogP contribution in [0.1, 0.15) is 49.7 Å². The van der Waals surface area contributed by atoms with Crippen LogP contribution in [-0.4, -0.2) is 45.2 Å². The van der Waals surface area contributed by atoms with Gasteiger partial charge in [-0.1, -0.05) is 24.1 Å². The van der Waals surface area contributed by atoms with E-state index in [9.17, 15) is 8.42 Å². The van der Waals surface area contributed by atoms with Crippen LogP contribution < -0.4 is 4.31 Å². The quantitative estimate of drug-likeness (QED) is 0.797. The highest BCUT2D eigenvalue weighted by molar-refractivity contribution is 7.92. The van der Waals surface area contributed by atoms with Crippen molar-refractivity contribution in [2.45, 2.75) is 56.9 Å². The number of benzene rings is 1. The van der Waals surface area contributed by atoms with E-state index in [2.05, 4.69) is 17.9 Å². The SMILES string of the molecule is Cc1ccc2c(c1)C1(CCN([C@H]3C[C@@H]4CC[C@H]3C4)CC1)CN2S(C)(=O)=O. The Hall–Kier alpha value is -1.07. The molecule has 0 N–H and O–H groups in total. The van der Waals surface area contributed by atoms with Gasteiger partial charge in [-0.25, -0.2) is 8.42 Å². The Labute approximate surface area is 157 Å². The first-order valence-corrected chi connectivity index (χ1v) is 12.0. The van der Waals surface area contributed by atoms with Gasteiger partial charge in [0.15, 0.2) is 0 Å². The Balaban J connectivity index is 1.41. The van der Waals surface area contributed by atoms with E-state index in [1.165, 1.54) is 43.1 Å². The van der Waals surface area contributed by atoms with Crippen molar-refractivity contribution in [2.75, 3.05) is 30.2 Å². The van der Waals surface area contributed by atoms with Crippen LogP contribution in [0.25, 0.3) is 0 Å². The molecular formula is C21H30N2O2S. The predicted octanol–water partition coefficient (Wildman–Crippen LogP) is 3.30. The van der Waals surface area contributed by atoms with Crippen molar-refractivity contribution < 1.29 is 8.42 Å². The minimum Gasteiger partial charge on any atom is -0.300 e. The van der Waals surface area contributed by atoms with Crippen LogP contribution in [0.2, 0.25) is 0 Å². The van der Waals surface area contributed by atoms with Gasteiger partial charge < -0.3 is 4.90 Å². The van der Waals surface area contributed by atoms with Gasteiger partial charge in [-0.3, -0.25) is 4.31 Å². The van der Waals surface area contributed by atoms with Gasteiger partial charge >= 0.3 is 0 Å². The summed E-state index contributed by atoms with van der Waals surface area (Å²) in [6.45, 7) is 4.99. The summed E-state index contributed by atoms with van der Waals surface area (Å²) in [6, 6.07) is 7.10. The standard InChI is InChI=1S/C21H30N2O2S/c1-15-3-6-19-18(11-15)21(14-23(19)26(2,24)25)7-9-22(10-8-21)20-13-16-4-5-17(20)12-16/h3,6,11,16-17,20H,4-5,7-10,12-14H2,1-2H3/t16-,17+,20+/m1/s1. The second kappa shape index (κ2) is 5.71. The Morgan fingerprint density at radius 2 is 1.88 bits per heavy atom. The fraction of sp³-hybridized carbons (Fsp3) is 0.714. The third-order valence-electron chi connectivity index (χ3n) is 7.76. The van der Waals surface area contributed by atoms with Crippen molar-refractivity contribution in [1.82, 2.24) is 4.90 Å². The molecule has 0 radical (unpaired) electrons. The molecule has 5 rings (SSSR count).